The Morgan fingerprint density at radius 2 is 1.52 bits per heavy atom. The normalized spacial score (nSPS) is 11.8. The fraction of sp³-hybridized carbons (Fsp3) is 0.125. The van der Waals surface area contributed by atoms with E-state index >= 15 is 0 Å². The van der Waals surface area contributed by atoms with E-state index in [2.05, 4.69) is 5.32 Å². The first-order chi connectivity index (χ1) is 10.8. The van der Waals surface area contributed by atoms with Gasteiger partial charge in [-0.2, -0.15) is 0 Å². The molecule has 2 N–H and O–H groups in total. The van der Waals surface area contributed by atoms with Crippen molar-refractivity contribution in [3.8, 4) is 0 Å². The zero-order valence-corrected chi connectivity index (χ0v) is 11.7. The molecule has 0 aromatic heterocycles. The van der Waals surface area contributed by atoms with Crippen LogP contribution < -0.4 is 5.32 Å². The highest BCUT2D eigenvalue weighted by molar-refractivity contribution is 5.96. The Bertz CT molecular complexity index is 712. The smallest absolute Gasteiger partial charge is 0.326 e. The molecule has 4 nitrogen and oxygen atoms in total. The number of carboxylic acid groups (broad SMARTS) is 1. The lowest BCUT2D eigenvalue weighted by atomic mass is 10.1. The molecule has 120 valence electrons. The van der Waals surface area contributed by atoms with Gasteiger partial charge in [-0.25, -0.2) is 18.0 Å². The molecular formula is C16H12F3NO3. The number of nitrogens with one attached hydrogen (secondary N) is 1. The fourth-order valence-electron chi connectivity index (χ4n) is 1.98. The third kappa shape index (κ3) is 4.57. The Morgan fingerprint density at radius 1 is 0.957 bits per heavy atom. The summed E-state index contributed by atoms with van der Waals surface area (Å²) < 4.78 is 39.0. The molecule has 0 unspecified atom stereocenters. The van der Waals surface area contributed by atoms with Gasteiger partial charge in [0.15, 0.2) is 0 Å². The Kier molecular flexibility index (Phi) is 5.00. The van der Waals surface area contributed by atoms with E-state index in [0.717, 1.165) is 24.3 Å². The molecule has 1 amide bonds. The average Bonchev–Trinajstić information content (AvgIpc) is 2.47. The van der Waals surface area contributed by atoms with E-state index in [0.29, 0.717) is 11.6 Å². The number of carboxylic acids is 1. The molecule has 7 heteroatoms. The van der Waals surface area contributed by atoms with Gasteiger partial charge in [-0.05, 0) is 29.8 Å². The van der Waals surface area contributed by atoms with Crippen LogP contribution in [-0.4, -0.2) is 23.0 Å². The minimum Gasteiger partial charge on any atom is -0.480 e. The highest BCUT2D eigenvalue weighted by Gasteiger charge is 2.21. The molecular weight excluding hydrogens is 311 g/mol. The number of aliphatic carboxylic acids is 1. The molecule has 0 saturated heterocycles. The van der Waals surface area contributed by atoms with E-state index in [1.807, 2.05) is 0 Å². The summed E-state index contributed by atoms with van der Waals surface area (Å²) in [6, 6.07) is 5.99. The van der Waals surface area contributed by atoms with Crippen molar-refractivity contribution >= 4 is 11.9 Å². The molecule has 0 heterocycles. The fourth-order valence-corrected chi connectivity index (χ4v) is 1.98. The second-order valence-corrected chi connectivity index (χ2v) is 4.85. The molecule has 0 fully saturated rings. The van der Waals surface area contributed by atoms with Crippen LogP contribution in [0.1, 0.15) is 15.9 Å². The summed E-state index contributed by atoms with van der Waals surface area (Å²) in [5.74, 6) is -4.60. The molecule has 2 aromatic rings. The summed E-state index contributed by atoms with van der Waals surface area (Å²) in [5, 5.41) is 11.3. The lowest BCUT2D eigenvalue weighted by molar-refractivity contribution is -0.139. The van der Waals surface area contributed by atoms with E-state index < -0.39 is 35.4 Å². The van der Waals surface area contributed by atoms with Gasteiger partial charge in [-0.15, -0.1) is 0 Å². The first-order valence-corrected chi connectivity index (χ1v) is 6.59. The molecule has 0 bridgehead atoms. The standard InChI is InChI=1S/C16H12F3NO3/c17-11-3-1-9(2-4-11)5-14(16(22)23)20-15(21)10-6-12(18)8-13(19)7-10/h1-4,6-8,14H,5H2,(H,20,21)(H,22,23)/t14-/m1/s1. The van der Waals surface area contributed by atoms with Crippen LogP contribution in [0.3, 0.4) is 0 Å². The molecule has 2 aromatic carbocycles. The molecule has 1 atom stereocenters. The van der Waals surface area contributed by atoms with E-state index in [1.54, 1.807) is 0 Å². The molecule has 0 spiro atoms. The van der Waals surface area contributed by atoms with Crippen molar-refractivity contribution in [2.75, 3.05) is 0 Å². The summed E-state index contributed by atoms with van der Waals surface area (Å²) >= 11 is 0. The lowest BCUT2D eigenvalue weighted by Gasteiger charge is -2.15. The summed E-state index contributed by atoms with van der Waals surface area (Å²) in [6.45, 7) is 0. The van der Waals surface area contributed by atoms with Gasteiger partial charge in [0.2, 0.25) is 0 Å². The monoisotopic (exact) mass is 323 g/mol. The summed E-state index contributed by atoms with van der Waals surface area (Å²) in [6.07, 6.45) is -0.0981. The van der Waals surface area contributed by atoms with E-state index in [-0.39, 0.29) is 12.0 Å². The quantitative estimate of drug-likeness (QED) is 0.888. The predicted molar refractivity (Wildman–Crippen MR) is 75.4 cm³/mol. The van der Waals surface area contributed by atoms with Crippen LogP contribution in [0.25, 0.3) is 0 Å². The average molecular weight is 323 g/mol. The first-order valence-electron chi connectivity index (χ1n) is 6.59. The third-order valence-corrected chi connectivity index (χ3v) is 3.08. The summed E-state index contributed by atoms with van der Waals surface area (Å²) in [5.41, 5.74) is 0.164. The molecule has 0 saturated carbocycles. The van der Waals surface area contributed by atoms with Gasteiger partial charge in [0.25, 0.3) is 5.91 Å². The van der Waals surface area contributed by atoms with E-state index in [9.17, 15) is 22.8 Å². The van der Waals surface area contributed by atoms with Crippen LogP contribution in [0.4, 0.5) is 13.2 Å². The Labute approximate surface area is 129 Å². The largest absolute Gasteiger partial charge is 0.480 e. The number of amides is 1. The van der Waals surface area contributed by atoms with Gasteiger partial charge < -0.3 is 10.4 Å². The van der Waals surface area contributed by atoms with Crippen molar-refractivity contribution in [1.82, 2.24) is 5.32 Å². The van der Waals surface area contributed by atoms with Crippen molar-refractivity contribution in [2.24, 2.45) is 0 Å². The van der Waals surface area contributed by atoms with Crippen molar-refractivity contribution in [3.63, 3.8) is 0 Å². The van der Waals surface area contributed by atoms with Gasteiger partial charge >= 0.3 is 5.97 Å². The SMILES string of the molecule is O=C(N[C@H](Cc1ccc(F)cc1)C(=O)O)c1cc(F)cc(F)c1. The summed E-state index contributed by atoms with van der Waals surface area (Å²) in [4.78, 5) is 23.2. The second-order valence-electron chi connectivity index (χ2n) is 4.85. The number of rotatable bonds is 5. The maximum Gasteiger partial charge on any atom is 0.326 e. The van der Waals surface area contributed by atoms with Crippen LogP contribution in [-0.2, 0) is 11.2 Å². The van der Waals surface area contributed by atoms with Crippen molar-refractivity contribution < 1.29 is 27.9 Å². The zero-order chi connectivity index (χ0) is 17.0. The zero-order valence-electron chi connectivity index (χ0n) is 11.7. The van der Waals surface area contributed by atoms with Gasteiger partial charge in [0, 0.05) is 18.1 Å². The van der Waals surface area contributed by atoms with Gasteiger partial charge in [-0.3, -0.25) is 4.79 Å². The number of hydrogen-bond donors (Lipinski definition) is 2. The maximum atomic E-state index is 13.1. The molecule has 0 aliphatic rings. The lowest BCUT2D eigenvalue weighted by Crippen LogP contribution is -2.42. The second kappa shape index (κ2) is 6.95. The number of hydrogen-bond acceptors (Lipinski definition) is 2. The maximum absolute atomic E-state index is 13.1. The number of carbonyl (C=O) groups is 2. The topological polar surface area (TPSA) is 66.4 Å². The molecule has 0 aliphatic carbocycles. The molecule has 0 radical (unpaired) electrons. The van der Waals surface area contributed by atoms with Crippen LogP contribution in [0, 0.1) is 17.5 Å². The molecule has 2 rings (SSSR count). The van der Waals surface area contributed by atoms with Crippen LogP contribution in [0.15, 0.2) is 42.5 Å². The third-order valence-electron chi connectivity index (χ3n) is 3.08. The predicted octanol–water partition coefficient (Wildman–Crippen LogP) is 2.53. The minimum absolute atomic E-state index is 0.0981. The van der Waals surface area contributed by atoms with Crippen molar-refractivity contribution in [1.29, 1.82) is 0 Å². The van der Waals surface area contributed by atoms with Crippen molar-refractivity contribution in [3.05, 3.63) is 71.0 Å². The first kappa shape index (κ1) is 16.5. The van der Waals surface area contributed by atoms with E-state index in [1.165, 1.54) is 12.1 Å². The van der Waals surface area contributed by atoms with Gasteiger partial charge in [0.1, 0.15) is 23.5 Å². The highest BCUT2D eigenvalue weighted by Crippen LogP contribution is 2.10. The summed E-state index contributed by atoms with van der Waals surface area (Å²) in [7, 11) is 0. The van der Waals surface area contributed by atoms with Crippen LogP contribution in [0.2, 0.25) is 0 Å². The molecule has 0 aliphatic heterocycles. The van der Waals surface area contributed by atoms with Crippen molar-refractivity contribution in [2.45, 2.75) is 12.5 Å². The molecule has 23 heavy (non-hydrogen) atoms. The van der Waals surface area contributed by atoms with Crippen LogP contribution in [0.5, 0.6) is 0 Å². The van der Waals surface area contributed by atoms with Gasteiger partial charge in [0.05, 0.1) is 0 Å². The Hall–Kier alpha value is -2.83. The Morgan fingerprint density at radius 3 is 2.04 bits per heavy atom. The van der Waals surface area contributed by atoms with Gasteiger partial charge in [-0.1, -0.05) is 12.1 Å². The number of benzene rings is 2. The van der Waals surface area contributed by atoms with E-state index in [4.69, 9.17) is 5.11 Å². The van der Waals surface area contributed by atoms with Crippen LogP contribution >= 0.6 is 0 Å². The minimum atomic E-state index is -1.32. The number of halogens is 3. The highest BCUT2D eigenvalue weighted by atomic mass is 19.1. The number of carbonyl (C=O) groups excluding carboxylic acids is 1. The Balaban J connectivity index is 2.14.